The molecule has 1 aliphatic heterocycles. The first kappa shape index (κ1) is 12.5. The van der Waals surface area contributed by atoms with Gasteiger partial charge in [0.25, 0.3) is 0 Å². The van der Waals surface area contributed by atoms with Crippen LogP contribution in [0.15, 0.2) is 18.2 Å². The average molecular weight is 254 g/mol. The highest BCUT2D eigenvalue weighted by Gasteiger charge is 2.18. The molecule has 4 heteroatoms. The molecule has 94 valence electrons. The highest BCUT2D eigenvalue weighted by Crippen LogP contribution is 2.27. The van der Waals surface area contributed by atoms with Gasteiger partial charge in [-0.1, -0.05) is 18.5 Å². The molecule has 0 atom stereocenters. The number of nitrogens with two attached hydrogens (primary N) is 1. The summed E-state index contributed by atoms with van der Waals surface area (Å²) in [6.07, 6.45) is 1.22. The van der Waals surface area contributed by atoms with Gasteiger partial charge in [0.15, 0.2) is 0 Å². The third kappa shape index (κ3) is 3.05. The number of hydrogen-bond donors (Lipinski definition) is 1. The maximum Gasteiger partial charge on any atom is 0.0615 e. The number of piperazine rings is 1. The van der Waals surface area contributed by atoms with Crippen molar-refractivity contribution in [1.82, 2.24) is 4.90 Å². The van der Waals surface area contributed by atoms with Gasteiger partial charge in [0.1, 0.15) is 0 Å². The predicted molar refractivity (Wildman–Crippen MR) is 74.8 cm³/mol. The molecule has 0 aliphatic carbocycles. The van der Waals surface area contributed by atoms with E-state index < -0.39 is 0 Å². The Kier molecular flexibility index (Phi) is 4.13. The summed E-state index contributed by atoms with van der Waals surface area (Å²) in [6, 6.07) is 5.69. The van der Waals surface area contributed by atoms with Gasteiger partial charge in [-0.2, -0.15) is 0 Å². The minimum absolute atomic E-state index is 0.755. The van der Waals surface area contributed by atoms with Crippen LogP contribution in [0.1, 0.15) is 13.3 Å². The third-order valence-electron chi connectivity index (χ3n) is 3.25. The van der Waals surface area contributed by atoms with E-state index in [-0.39, 0.29) is 0 Å². The molecular formula is C13H20ClN3. The van der Waals surface area contributed by atoms with E-state index in [4.69, 9.17) is 17.3 Å². The lowest BCUT2D eigenvalue weighted by molar-refractivity contribution is 0.258. The van der Waals surface area contributed by atoms with Crippen molar-refractivity contribution in [3.63, 3.8) is 0 Å². The van der Waals surface area contributed by atoms with Crippen LogP contribution in [-0.4, -0.2) is 37.6 Å². The lowest BCUT2D eigenvalue weighted by Gasteiger charge is -2.36. The van der Waals surface area contributed by atoms with Gasteiger partial charge in [0.05, 0.1) is 11.4 Å². The van der Waals surface area contributed by atoms with Crippen molar-refractivity contribution >= 4 is 23.0 Å². The normalized spacial score (nSPS) is 17.4. The molecule has 0 radical (unpaired) electrons. The molecule has 1 fully saturated rings. The highest BCUT2D eigenvalue weighted by molar-refractivity contribution is 6.31. The summed E-state index contributed by atoms with van der Waals surface area (Å²) in [5, 5.41) is 0.755. The Morgan fingerprint density at radius 2 is 1.94 bits per heavy atom. The zero-order valence-electron chi connectivity index (χ0n) is 10.3. The number of hydrogen-bond acceptors (Lipinski definition) is 3. The molecule has 17 heavy (non-hydrogen) atoms. The summed E-state index contributed by atoms with van der Waals surface area (Å²) in [5.74, 6) is 0. The quantitative estimate of drug-likeness (QED) is 0.840. The highest BCUT2D eigenvalue weighted by atomic mass is 35.5. The van der Waals surface area contributed by atoms with E-state index in [0.717, 1.165) is 42.6 Å². The Labute approximate surface area is 108 Å². The monoisotopic (exact) mass is 253 g/mol. The zero-order chi connectivity index (χ0) is 12.3. The van der Waals surface area contributed by atoms with Crippen molar-refractivity contribution in [2.75, 3.05) is 43.4 Å². The van der Waals surface area contributed by atoms with E-state index in [1.54, 1.807) is 0 Å². The molecule has 1 aromatic carbocycles. The Balaban J connectivity index is 2.02. The van der Waals surface area contributed by atoms with E-state index in [0.29, 0.717) is 0 Å². The van der Waals surface area contributed by atoms with Crippen LogP contribution in [0.25, 0.3) is 0 Å². The second-order valence-corrected chi connectivity index (χ2v) is 4.97. The van der Waals surface area contributed by atoms with Crippen LogP contribution in [0.3, 0.4) is 0 Å². The first-order valence-corrected chi connectivity index (χ1v) is 6.61. The molecule has 0 saturated carbocycles. The minimum atomic E-state index is 0.755. The summed E-state index contributed by atoms with van der Waals surface area (Å²) in [5.41, 5.74) is 7.90. The Bertz CT molecular complexity index is 373. The van der Waals surface area contributed by atoms with Crippen molar-refractivity contribution in [3.8, 4) is 0 Å². The summed E-state index contributed by atoms with van der Waals surface area (Å²) in [4.78, 5) is 4.82. The molecule has 0 amide bonds. The first-order chi connectivity index (χ1) is 8.20. The van der Waals surface area contributed by atoms with Crippen LogP contribution >= 0.6 is 11.6 Å². The number of halogens is 1. The van der Waals surface area contributed by atoms with Gasteiger partial charge in [0.2, 0.25) is 0 Å². The van der Waals surface area contributed by atoms with Crippen LogP contribution < -0.4 is 10.6 Å². The standard InChI is InChI=1S/C13H20ClN3/c1-2-5-16-6-8-17(9-7-16)13-10-11(14)3-4-12(13)15/h3-4,10H,2,5-9,15H2,1H3. The Hall–Kier alpha value is -0.930. The maximum atomic E-state index is 6.02. The van der Waals surface area contributed by atoms with Crippen molar-refractivity contribution in [2.24, 2.45) is 0 Å². The third-order valence-corrected chi connectivity index (χ3v) is 3.48. The van der Waals surface area contributed by atoms with E-state index in [1.165, 1.54) is 13.0 Å². The van der Waals surface area contributed by atoms with Gasteiger partial charge in [-0.15, -0.1) is 0 Å². The average Bonchev–Trinajstić information content (AvgIpc) is 2.34. The smallest absolute Gasteiger partial charge is 0.0615 e. The molecule has 0 spiro atoms. The van der Waals surface area contributed by atoms with Gasteiger partial charge < -0.3 is 10.6 Å². The fourth-order valence-electron chi connectivity index (χ4n) is 2.32. The molecule has 1 saturated heterocycles. The van der Waals surface area contributed by atoms with Crippen molar-refractivity contribution in [1.29, 1.82) is 0 Å². The molecular weight excluding hydrogens is 234 g/mol. The van der Waals surface area contributed by atoms with Crippen LogP contribution in [0.5, 0.6) is 0 Å². The van der Waals surface area contributed by atoms with Crippen LogP contribution in [-0.2, 0) is 0 Å². The molecule has 2 rings (SSSR count). The fraction of sp³-hybridized carbons (Fsp3) is 0.538. The number of benzene rings is 1. The van der Waals surface area contributed by atoms with Crippen LogP contribution in [0, 0.1) is 0 Å². The zero-order valence-corrected chi connectivity index (χ0v) is 11.1. The second kappa shape index (κ2) is 5.61. The maximum absolute atomic E-state index is 6.02. The van der Waals surface area contributed by atoms with Crippen molar-refractivity contribution < 1.29 is 0 Å². The van der Waals surface area contributed by atoms with E-state index in [1.807, 2.05) is 18.2 Å². The van der Waals surface area contributed by atoms with Gasteiger partial charge in [-0.05, 0) is 31.2 Å². The van der Waals surface area contributed by atoms with Crippen LogP contribution in [0.2, 0.25) is 5.02 Å². The topological polar surface area (TPSA) is 32.5 Å². The molecule has 3 nitrogen and oxygen atoms in total. The van der Waals surface area contributed by atoms with Crippen LogP contribution in [0.4, 0.5) is 11.4 Å². The van der Waals surface area contributed by atoms with Crippen molar-refractivity contribution in [3.05, 3.63) is 23.2 Å². The molecule has 1 heterocycles. The van der Waals surface area contributed by atoms with Gasteiger partial charge >= 0.3 is 0 Å². The van der Waals surface area contributed by atoms with E-state index in [2.05, 4.69) is 16.7 Å². The fourth-order valence-corrected chi connectivity index (χ4v) is 2.49. The van der Waals surface area contributed by atoms with E-state index >= 15 is 0 Å². The molecule has 2 N–H and O–H groups in total. The lowest BCUT2D eigenvalue weighted by Crippen LogP contribution is -2.46. The lowest BCUT2D eigenvalue weighted by atomic mass is 10.2. The summed E-state index contributed by atoms with van der Waals surface area (Å²) >= 11 is 6.02. The molecule has 1 aliphatic rings. The largest absolute Gasteiger partial charge is 0.397 e. The second-order valence-electron chi connectivity index (χ2n) is 4.53. The molecule has 0 aromatic heterocycles. The van der Waals surface area contributed by atoms with Gasteiger partial charge in [-0.25, -0.2) is 0 Å². The molecule has 1 aromatic rings. The number of anilines is 2. The Morgan fingerprint density at radius 1 is 1.24 bits per heavy atom. The molecule has 0 unspecified atom stereocenters. The Morgan fingerprint density at radius 3 is 2.59 bits per heavy atom. The van der Waals surface area contributed by atoms with Crippen molar-refractivity contribution in [2.45, 2.75) is 13.3 Å². The number of nitrogens with zero attached hydrogens (tertiary/aromatic N) is 2. The van der Waals surface area contributed by atoms with E-state index in [9.17, 15) is 0 Å². The van der Waals surface area contributed by atoms with Gasteiger partial charge in [0, 0.05) is 31.2 Å². The summed E-state index contributed by atoms with van der Waals surface area (Å²) in [7, 11) is 0. The SMILES string of the molecule is CCCN1CCN(c2cc(Cl)ccc2N)CC1. The van der Waals surface area contributed by atoms with Gasteiger partial charge in [-0.3, -0.25) is 4.90 Å². The summed E-state index contributed by atoms with van der Waals surface area (Å²) < 4.78 is 0. The number of rotatable bonds is 3. The minimum Gasteiger partial charge on any atom is -0.397 e. The molecule has 0 bridgehead atoms. The predicted octanol–water partition coefficient (Wildman–Crippen LogP) is 2.45. The first-order valence-electron chi connectivity index (χ1n) is 6.23. The number of nitrogen functional groups attached to an aromatic ring is 1. The summed E-state index contributed by atoms with van der Waals surface area (Å²) in [6.45, 7) is 7.70.